The number of ether oxygens (including phenoxy) is 2. The van der Waals surface area contributed by atoms with E-state index in [9.17, 15) is 9.90 Å². The quantitative estimate of drug-likeness (QED) is 0.751. The van der Waals surface area contributed by atoms with Crippen LogP contribution in [0.15, 0.2) is 0 Å². The molecule has 1 spiro atoms. The Morgan fingerprint density at radius 1 is 1.55 bits per heavy atom. The lowest BCUT2D eigenvalue weighted by Crippen LogP contribution is -2.58. The van der Waals surface area contributed by atoms with E-state index in [1.165, 1.54) is 0 Å². The molecule has 6 heteroatoms. The highest BCUT2D eigenvalue weighted by Crippen LogP contribution is 2.31. The number of carbonyl (C=O) groups excluding carboxylic acids is 1. The summed E-state index contributed by atoms with van der Waals surface area (Å²) < 4.78 is 11.3. The molecule has 2 heterocycles. The van der Waals surface area contributed by atoms with Gasteiger partial charge in [0.25, 0.3) is 0 Å². The van der Waals surface area contributed by atoms with Crippen molar-refractivity contribution in [3.8, 4) is 0 Å². The fraction of sp³-hybridized carbons (Fsp3) is 0.929. The van der Waals surface area contributed by atoms with Crippen LogP contribution in [0.1, 0.15) is 33.6 Å². The van der Waals surface area contributed by atoms with E-state index in [4.69, 9.17) is 9.47 Å². The zero-order chi connectivity index (χ0) is 14.8. The van der Waals surface area contributed by atoms with Crippen molar-refractivity contribution in [1.29, 1.82) is 0 Å². The normalized spacial score (nSPS) is 31.4. The molecule has 0 saturated carbocycles. The van der Waals surface area contributed by atoms with Gasteiger partial charge in [-0.05, 0) is 39.5 Å². The predicted octanol–water partition coefficient (Wildman–Crippen LogP) is 0.942. The molecule has 6 nitrogen and oxygen atoms in total. The van der Waals surface area contributed by atoms with Gasteiger partial charge < -0.3 is 19.9 Å². The Morgan fingerprint density at radius 3 is 2.85 bits per heavy atom. The molecule has 2 N–H and O–H groups in total. The first-order valence-corrected chi connectivity index (χ1v) is 7.27. The van der Waals surface area contributed by atoms with Gasteiger partial charge >= 0.3 is 6.09 Å². The van der Waals surface area contributed by atoms with Crippen molar-refractivity contribution in [2.24, 2.45) is 5.92 Å². The van der Waals surface area contributed by atoms with Crippen LogP contribution in [0.2, 0.25) is 0 Å². The fourth-order valence-corrected chi connectivity index (χ4v) is 2.76. The van der Waals surface area contributed by atoms with Crippen LogP contribution in [0.25, 0.3) is 0 Å². The third-order valence-corrected chi connectivity index (χ3v) is 3.81. The second-order valence-electron chi connectivity index (χ2n) is 6.83. The molecule has 116 valence electrons. The van der Waals surface area contributed by atoms with Crippen molar-refractivity contribution in [3.63, 3.8) is 0 Å². The van der Waals surface area contributed by atoms with E-state index in [2.05, 4.69) is 5.32 Å². The highest BCUT2D eigenvalue weighted by molar-refractivity contribution is 5.68. The molecule has 1 amide bonds. The van der Waals surface area contributed by atoms with E-state index in [1.54, 1.807) is 4.90 Å². The number of hydrogen-bond donors (Lipinski definition) is 2. The highest BCUT2D eigenvalue weighted by atomic mass is 16.6. The summed E-state index contributed by atoms with van der Waals surface area (Å²) in [7, 11) is 0. The third kappa shape index (κ3) is 3.84. The predicted molar refractivity (Wildman–Crippen MR) is 74.3 cm³/mol. The van der Waals surface area contributed by atoms with Crippen LogP contribution in [0, 0.1) is 5.92 Å². The Balaban J connectivity index is 1.87. The second-order valence-corrected chi connectivity index (χ2v) is 6.83. The van der Waals surface area contributed by atoms with Crippen molar-refractivity contribution < 1.29 is 19.4 Å². The smallest absolute Gasteiger partial charge is 0.412 e. The molecule has 0 radical (unpaired) electrons. The first kappa shape index (κ1) is 15.5. The molecule has 20 heavy (non-hydrogen) atoms. The van der Waals surface area contributed by atoms with Crippen LogP contribution >= 0.6 is 0 Å². The van der Waals surface area contributed by atoms with Crippen LogP contribution in [0.5, 0.6) is 0 Å². The average Bonchev–Trinajstić information content (AvgIpc) is 2.37. The molecule has 2 saturated heterocycles. The molecule has 0 aromatic carbocycles. The Labute approximate surface area is 120 Å². The summed E-state index contributed by atoms with van der Waals surface area (Å²) in [5, 5.41) is 12.6. The summed E-state index contributed by atoms with van der Waals surface area (Å²) in [4.78, 5) is 13.6. The molecule has 2 atom stereocenters. The Bertz CT molecular complexity index is 346. The SMILES string of the molecule is CC(C)(C)OC(=O)N1CCC2(CNCC(CO)C2)OC1. The van der Waals surface area contributed by atoms with E-state index in [0.29, 0.717) is 6.54 Å². The Hall–Kier alpha value is -0.850. The molecule has 2 aliphatic rings. The average molecular weight is 286 g/mol. The standard InChI is InChI=1S/C14H26N2O4/c1-13(2,3)20-12(18)16-5-4-14(19-10-16)6-11(8-17)7-15-9-14/h11,15,17H,4-10H2,1-3H3. The Kier molecular flexibility index (Phi) is 4.56. The first-order chi connectivity index (χ1) is 9.34. The summed E-state index contributed by atoms with van der Waals surface area (Å²) in [6.07, 6.45) is 1.30. The van der Waals surface area contributed by atoms with Gasteiger partial charge in [-0.15, -0.1) is 0 Å². The lowest BCUT2D eigenvalue weighted by atomic mass is 9.83. The number of nitrogens with zero attached hydrogens (tertiary/aromatic N) is 1. The van der Waals surface area contributed by atoms with E-state index >= 15 is 0 Å². The van der Waals surface area contributed by atoms with Gasteiger partial charge in [-0.25, -0.2) is 4.79 Å². The van der Waals surface area contributed by atoms with E-state index in [-0.39, 0.29) is 30.9 Å². The minimum Gasteiger partial charge on any atom is -0.444 e. The lowest BCUT2D eigenvalue weighted by Gasteiger charge is -2.46. The van der Waals surface area contributed by atoms with Crippen molar-refractivity contribution in [2.45, 2.75) is 44.8 Å². The molecular weight excluding hydrogens is 260 g/mol. The number of aliphatic hydroxyl groups excluding tert-OH is 1. The summed E-state index contributed by atoms with van der Waals surface area (Å²) in [6, 6.07) is 0. The Morgan fingerprint density at radius 2 is 2.30 bits per heavy atom. The number of amides is 1. The fourth-order valence-electron chi connectivity index (χ4n) is 2.76. The minimum atomic E-state index is -0.486. The van der Waals surface area contributed by atoms with E-state index < -0.39 is 5.60 Å². The molecule has 2 fully saturated rings. The zero-order valence-corrected chi connectivity index (χ0v) is 12.6. The molecule has 2 aliphatic heterocycles. The first-order valence-electron chi connectivity index (χ1n) is 7.27. The minimum absolute atomic E-state index is 0.174. The van der Waals surface area contributed by atoms with Crippen molar-refractivity contribution in [2.75, 3.05) is 33.0 Å². The molecule has 0 aromatic heterocycles. The van der Waals surface area contributed by atoms with Gasteiger partial charge in [0.2, 0.25) is 0 Å². The van der Waals surface area contributed by atoms with Crippen LogP contribution in [-0.4, -0.2) is 60.3 Å². The van der Waals surface area contributed by atoms with Gasteiger partial charge in [0, 0.05) is 26.2 Å². The van der Waals surface area contributed by atoms with Crippen LogP contribution in [0.4, 0.5) is 4.79 Å². The maximum Gasteiger partial charge on any atom is 0.412 e. The maximum absolute atomic E-state index is 12.0. The van der Waals surface area contributed by atoms with Crippen LogP contribution in [0.3, 0.4) is 0 Å². The summed E-state index contributed by atoms with van der Waals surface area (Å²) in [5.74, 6) is 0.233. The van der Waals surface area contributed by atoms with Crippen molar-refractivity contribution >= 4 is 6.09 Å². The molecule has 0 aromatic rings. The lowest BCUT2D eigenvalue weighted by molar-refractivity contribution is -0.151. The molecule has 2 rings (SSSR count). The van der Waals surface area contributed by atoms with Gasteiger partial charge in [0.15, 0.2) is 0 Å². The largest absolute Gasteiger partial charge is 0.444 e. The van der Waals surface area contributed by atoms with E-state index in [0.717, 1.165) is 25.9 Å². The van der Waals surface area contributed by atoms with Gasteiger partial charge in [-0.2, -0.15) is 0 Å². The van der Waals surface area contributed by atoms with Crippen molar-refractivity contribution in [1.82, 2.24) is 10.2 Å². The summed E-state index contributed by atoms with van der Waals surface area (Å²) in [5.41, 5.74) is -0.731. The molecular formula is C14H26N2O4. The van der Waals surface area contributed by atoms with Gasteiger partial charge in [0.1, 0.15) is 12.3 Å². The monoisotopic (exact) mass is 286 g/mol. The molecule has 0 bridgehead atoms. The van der Waals surface area contributed by atoms with Crippen molar-refractivity contribution in [3.05, 3.63) is 0 Å². The summed E-state index contributed by atoms with van der Waals surface area (Å²) in [6.45, 7) is 8.25. The van der Waals surface area contributed by atoms with Gasteiger partial charge in [-0.3, -0.25) is 4.90 Å². The number of hydrogen-bond acceptors (Lipinski definition) is 5. The van der Waals surface area contributed by atoms with Crippen LogP contribution in [-0.2, 0) is 9.47 Å². The molecule has 0 aliphatic carbocycles. The number of rotatable bonds is 1. The summed E-state index contributed by atoms with van der Waals surface area (Å²) >= 11 is 0. The third-order valence-electron chi connectivity index (χ3n) is 3.81. The number of piperidine rings is 1. The highest BCUT2D eigenvalue weighted by Gasteiger charge is 2.41. The van der Waals surface area contributed by atoms with Gasteiger partial charge in [-0.1, -0.05) is 0 Å². The van der Waals surface area contributed by atoms with Crippen LogP contribution < -0.4 is 5.32 Å². The topological polar surface area (TPSA) is 71.0 Å². The van der Waals surface area contributed by atoms with E-state index in [1.807, 2.05) is 20.8 Å². The molecule has 2 unspecified atom stereocenters. The number of carbonyl (C=O) groups is 1. The number of aliphatic hydroxyl groups is 1. The zero-order valence-electron chi connectivity index (χ0n) is 12.6. The number of nitrogens with one attached hydrogen (secondary N) is 1. The maximum atomic E-state index is 12.0. The second kappa shape index (κ2) is 5.87. The van der Waals surface area contributed by atoms with Gasteiger partial charge in [0.05, 0.1) is 5.60 Å².